The van der Waals surface area contributed by atoms with Crippen molar-refractivity contribution in [2.45, 2.75) is 39.8 Å². The van der Waals surface area contributed by atoms with E-state index in [0.29, 0.717) is 12.1 Å². The number of nitrogen functional groups attached to an aromatic ring is 1. The van der Waals surface area contributed by atoms with E-state index >= 15 is 0 Å². The van der Waals surface area contributed by atoms with E-state index in [4.69, 9.17) is 10.5 Å². The summed E-state index contributed by atoms with van der Waals surface area (Å²) in [4.78, 5) is 23.8. The van der Waals surface area contributed by atoms with Crippen molar-refractivity contribution in [2.75, 3.05) is 5.73 Å². The fourth-order valence-corrected chi connectivity index (χ4v) is 1.55. The Morgan fingerprint density at radius 2 is 2.05 bits per heavy atom. The summed E-state index contributed by atoms with van der Waals surface area (Å²) in [6.07, 6.45) is -0.178. The maximum atomic E-state index is 11.8. The molecule has 1 rings (SSSR count). The Bertz CT molecular complexity index is 478. The Morgan fingerprint density at radius 1 is 1.42 bits per heavy atom. The van der Waals surface area contributed by atoms with Gasteiger partial charge >= 0.3 is 6.09 Å². The molecule has 1 aromatic carbocycles. The zero-order valence-corrected chi connectivity index (χ0v) is 11.8. The summed E-state index contributed by atoms with van der Waals surface area (Å²) >= 11 is 0. The van der Waals surface area contributed by atoms with Crippen LogP contribution in [0.15, 0.2) is 18.2 Å². The van der Waals surface area contributed by atoms with Crippen molar-refractivity contribution >= 4 is 18.2 Å². The summed E-state index contributed by atoms with van der Waals surface area (Å²) in [5, 5.41) is 0. The number of amides is 2. The lowest BCUT2D eigenvalue weighted by molar-refractivity contribution is -0.118. The van der Waals surface area contributed by atoms with Crippen LogP contribution in [0.25, 0.3) is 0 Å². The highest BCUT2D eigenvalue weighted by atomic mass is 16.6. The van der Waals surface area contributed by atoms with Crippen molar-refractivity contribution in [2.24, 2.45) is 0 Å². The predicted molar refractivity (Wildman–Crippen MR) is 73.4 cm³/mol. The lowest BCUT2D eigenvalue weighted by atomic mass is 10.1. The van der Waals surface area contributed by atoms with Gasteiger partial charge < -0.3 is 10.5 Å². The van der Waals surface area contributed by atoms with Gasteiger partial charge in [0.05, 0.1) is 6.54 Å². The van der Waals surface area contributed by atoms with Crippen LogP contribution in [0.4, 0.5) is 10.5 Å². The van der Waals surface area contributed by atoms with Crippen molar-refractivity contribution in [3.05, 3.63) is 29.3 Å². The van der Waals surface area contributed by atoms with Crippen LogP contribution in [0.2, 0.25) is 0 Å². The molecule has 2 N–H and O–H groups in total. The number of carbonyl (C=O) groups is 2. The van der Waals surface area contributed by atoms with E-state index in [-0.39, 0.29) is 6.54 Å². The minimum Gasteiger partial charge on any atom is -0.443 e. The Kier molecular flexibility index (Phi) is 4.53. The first-order chi connectivity index (χ1) is 8.73. The molecule has 2 amide bonds. The number of nitrogens with zero attached hydrogens (tertiary/aromatic N) is 1. The molecule has 19 heavy (non-hydrogen) atoms. The van der Waals surface area contributed by atoms with Crippen molar-refractivity contribution in [1.82, 2.24) is 4.90 Å². The Morgan fingerprint density at radius 3 is 2.53 bits per heavy atom. The van der Waals surface area contributed by atoms with Crippen LogP contribution in [0.5, 0.6) is 0 Å². The SMILES string of the molecule is Cc1cc(N)ccc1CN(C=O)C(=O)OC(C)(C)C. The summed E-state index contributed by atoms with van der Waals surface area (Å²) in [7, 11) is 0. The lowest BCUT2D eigenvalue weighted by Gasteiger charge is -2.24. The molecular formula is C14H20N2O3. The smallest absolute Gasteiger partial charge is 0.417 e. The molecule has 1 aromatic rings. The topological polar surface area (TPSA) is 72.6 Å². The molecule has 0 aromatic heterocycles. The highest BCUT2D eigenvalue weighted by Gasteiger charge is 2.22. The number of anilines is 1. The van der Waals surface area contributed by atoms with E-state index in [1.165, 1.54) is 0 Å². The number of rotatable bonds is 3. The van der Waals surface area contributed by atoms with Gasteiger partial charge in [0.1, 0.15) is 5.60 Å². The van der Waals surface area contributed by atoms with E-state index in [2.05, 4.69) is 0 Å². The third-order valence-electron chi connectivity index (χ3n) is 2.46. The first-order valence-electron chi connectivity index (χ1n) is 6.03. The van der Waals surface area contributed by atoms with Crippen molar-refractivity contribution < 1.29 is 14.3 Å². The number of imide groups is 1. The molecule has 0 saturated heterocycles. The van der Waals surface area contributed by atoms with Gasteiger partial charge in [-0.1, -0.05) is 6.07 Å². The fraction of sp³-hybridized carbons (Fsp3) is 0.429. The molecule has 0 spiro atoms. The van der Waals surface area contributed by atoms with Crippen LogP contribution >= 0.6 is 0 Å². The summed E-state index contributed by atoms with van der Waals surface area (Å²) in [5.74, 6) is 0. The predicted octanol–water partition coefficient (Wildman–Crippen LogP) is 2.47. The van der Waals surface area contributed by atoms with E-state index in [9.17, 15) is 9.59 Å². The molecule has 0 atom stereocenters. The van der Waals surface area contributed by atoms with Gasteiger partial charge in [0.2, 0.25) is 6.41 Å². The fourth-order valence-electron chi connectivity index (χ4n) is 1.55. The van der Waals surface area contributed by atoms with Gasteiger partial charge in [-0.25, -0.2) is 9.69 Å². The molecule has 104 valence electrons. The Balaban J connectivity index is 2.82. The molecule has 0 fully saturated rings. The lowest BCUT2D eigenvalue weighted by Crippen LogP contribution is -2.35. The first kappa shape index (κ1) is 15.0. The average Bonchev–Trinajstić information content (AvgIpc) is 2.25. The first-order valence-corrected chi connectivity index (χ1v) is 6.03. The van der Waals surface area contributed by atoms with E-state index < -0.39 is 11.7 Å². The zero-order valence-electron chi connectivity index (χ0n) is 11.8. The molecule has 5 heteroatoms. The average molecular weight is 264 g/mol. The van der Waals surface area contributed by atoms with Gasteiger partial charge in [0, 0.05) is 5.69 Å². The van der Waals surface area contributed by atoms with Gasteiger partial charge in [-0.05, 0) is 51.0 Å². The highest BCUT2D eigenvalue weighted by Crippen LogP contribution is 2.16. The monoisotopic (exact) mass is 264 g/mol. The molecule has 0 saturated carbocycles. The number of benzene rings is 1. The third kappa shape index (κ3) is 4.62. The molecule has 0 bridgehead atoms. The van der Waals surface area contributed by atoms with Crippen LogP contribution in [0.3, 0.4) is 0 Å². The summed E-state index contributed by atoms with van der Waals surface area (Å²) in [5.41, 5.74) is 7.46. The second-order valence-electron chi connectivity index (χ2n) is 5.40. The molecule has 0 aliphatic carbocycles. The normalized spacial score (nSPS) is 10.9. The van der Waals surface area contributed by atoms with Crippen molar-refractivity contribution in [3.8, 4) is 0 Å². The largest absolute Gasteiger partial charge is 0.443 e. The van der Waals surface area contributed by atoms with Gasteiger partial charge in [-0.3, -0.25) is 4.79 Å². The van der Waals surface area contributed by atoms with Crippen LogP contribution in [-0.4, -0.2) is 23.0 Å². The van der Waals surface area contributed by atoms with E-state index in [1.807, 2.05) is 6.92 Å². The van der Waals surface area contributed by atoms with Crippen LogP contribution in [-0.2, 0) is 16.1 Å². The number of ether oxygens (including phenoxy) is 1. The zero-order chi connectivity index (χ0) is 14.6. The second kappa shape index (κ2) is 5.73. The molecule has 0 heterocycles. The summed E-state index contributed by atoms with van der Waals surface area (Å²) < 4.78 is 5.16. The maximum Gasteiger partial charge on any atom is 0.417 e. The summed E-state index contributed by atoms with van der Waals surface area (Å²) in [6, 6.07) is 5.33. The van der Waals surface area contributed by atoms with Gasteiger partial charge in [-0.15, -0.1) is 0 Å². The maximum absolute atomic E-state index is 11.8. The van der Waals surface area contributed by atoms with E-state index in [0.717, 1.165) is 16.0 Å². The standard InChI is InChI=1S/C14H20N2O3/c1-10-7-12(15)6-5-11(10)8-16(9-17)13(18)19-14(2,3)4/h5-7,9H,8,15H2,1-4H3. The van der Waals surface area contributed by atoms with Gasteiger partial charge in [-0.2, -0.15) is 0 Å². The molecule has 0 unspecified atom stereocenters. The van der Waals surface area contributed by atoms with Gasteiger partial charge in [0.15, 0.2) is 0 Å². The molecule has 0 radical (unpaired) electrons. The third-order valence-corrected chi connectivity index (χ3v) is 2.46. The number of nitrogens with two attached hydrogens (primary N) is 1. The number of hydrogen-bond donors (Lipinski definition) is 1. The number of hydrogen-bond acceptors (Lipinski definition) is 4. The van der Waals surface area contributed by atoms with Gasteiger partial charge in [0.25, 0.3) is 0 Å². The molecule has 0 aliphatic rings. The number of aryl methyl sites for hydroxylation is 1. The van der Waals surface area contributed by atoms with E-state index in [1.54, 1.807) is 39.0 Å². The second-order valence-corrected chi connectivity index (χ2v) is 5.40. The highest BCUT2D eigenvalue weighted by molar-refractivity contribution is 5.80. The van der Waals surface area contributed by atoms with Crippen molar-refractivity contribution in [3.63, 3.8) is 0 Å². The molecular weight excluding hydrogens is 244 g/mol. The minimum absolute atomic E-state index is 0.171. The Labute approximate surface area is 113 Å². The Hall–Kier alpha value is -2.04. The minimum atomic E-state index is -0.654. The molecule has 5 nitrogen and oxygen atoms in total. The van der Waals surface area contributed by atoms with Crippen LogP contribution in [0.1, 0.15) is 31.9 Å². The van der Waals surface area contributed by atoms with Crippen LogP contribution < -0.4 is 5.73 Å². The quantitative estimate of drug-likeness (QED) is 0.672. The number of carbonyl (C=O) groups excluding carboxylic acids is 2. The summed E-state index contributed by atoms with van der Waals surface area (Å²) in [6.45, 7) is 7.31. The molecule has 0 aliphatic heterocycles. The van der Waals surface area contributed by atoms with Crippen molar-refractivity contribution in [1.29, 1.82) is 0 Å². The van der Waals surface area contributed by atoms with Crippen LogP contribution in [0, 0.1) is 6.92 Å².